The summed E-state index contributed by atoms with van der Waals surface area (Å²) in [5.41, 5.74) is 5.44. The lowest BCUT2D eigenvalue weighted by Gasteiger charge is -2.06. The van der Waals surface area contributed by atoms with E-state index in [1.54, 1.807) is 18.2 Å². The normalized spacial score (nSPS) is 26.0. The highest BCUT2D eigenvalue weighted by Gasteiger charge is 2.60. The molecule has 1 aromatic carbocycles. The monoisotopic (exact) mass is 313 g/mol. The molecule has 2 rings (SSSR count). The van der Waals surface area contributed by atoms with Crippen molar-refractivity contribution in [2.75, 3.05) is 5.75 Å². The minimum atomic E-state index is -3.67. The highest BCUT2D eigenvalue weighted by atomic mass is 32.2. The minimum Gasteiger partial charge on any atom is -0.481 e. The highest BCUT2D eigenvalue weighted by molar-refractivity contribution is 7.91. The van der Waals surface area contributed by atoms with Gasteiger partial charge in [-0.1, -0.05) is 18.2 Å². The zero-order valence-corrected chi connectivity index (χ0v) is 11.7. The molecule has 8 heteroatoms. The van der Waals surface area contributed by atoms with Crippen LogP contribution >= 0.6 is 0 Å². The summed E-state index contributed by atoms with van der Waals surface area (Å²) < 4.78 is 24.4. The lowest BCUT2D eigenvalue weighted by Crippen LogP contribution is -2.34. The number of rotatable bonds is 6. The van der Waals surface area contributed by atoms with Crippen molar-refractivity contribution in [3.8, 4) is 0 Å². The summed E-state index contributed by atoms with van der Waals surface area (Å²) in [5.74, 6) is -5.64. The fourth-order valence-corrected chi connectivity index (χ4v) is 4.30. The molecule has 0 saturated heterocycles. The SMILES string of the molecule is NC(C(=O)O)C1C(CS(=O)(=O)c2ccccc2)C1C(=O)O. The van der Waals surface area contributed by atoms with Crippen LogP contribution in [0.15, 0.2) is 35.2 Å². The van der Waals surface area contributed by atoms with E-state index < -0.39 is 51.3 Å². The van der Waals surface area contributed by atoms with Gasteiger partial charge in [0.15, 0.2) is 9.84 Å². The lowest BCUT2D eigenvalue weighted by molar-refractivity contribution is -0.140. The second-order valence-electron chi connectivity index (χ2n) is 5.06. The fourth-order valence-electron chi connectivity index (χ4n) is 2.59. The quantitative estimate of drug-likeness (QED) is 0.663. The Labute approximate surface area is 121 Å². The van der Waals surface area contributed by atoms with Crippen LogP contribution in [0.3, 0.4) is 0 Å². The van der Waals surface area contributed by atoms with Crippen molar-refractivity contribution in [2.24, 2.45) is 23.5 Å². The Kier molecular flexibility index (Phi) is 4.02. The summed E-state index contributed by atoms with van der Waals surface area (Å²) in [6.45, 7) is 0. The van der Waals surface area contributed by atoms with Crippen LogP contribution in [-0.2, 0) is 19.4 Å². The van der Waals surface area contributed by atoms with Gasteiger partial charge in [0.05, 0.1) is 16.6 Å². The van der Waals surface area contributed by atoms with Gasteiger partial charge in [0.1, 0.15) is 6.04 Å². The Morgan fingerprint density at radius 2 is 1.76 bits per heavy atom. The molecular formula is C13H15NO6S. The van der Waals surface area contributed by atoms with Gasteiger partial charge in [-0.2, -0.15) is 0 Å². The van der Waals surface area contributed by atoms with E-state index in [0.717, 1.165) is 0 Å². The maximum atomic E-state index is 12.2. The number of hydrogen-bond acceptors (Lipinski definition) is 5. The summed E-state index contributed by atoms with van der Waals surface area (Å²) in [7, 11) is -3.67. The van der Waals surface area contributed by atoms with E-state index in [4.69, 9.17) is 15.9 Å². The standard InChI is InChI=1S/C13H15NO6S/c14-11(13(17)18)9-8(10(9)12(15)16)6-21(19,20)7-4-2-1-3-5-7/h1-5,8-11H,6,14H2,(H,15,16)(H,17,18). The molecule has 1 aliphatic rings. The van der Waals surface area contributed by atoms with Crippen molar-refractivity contribution >= 4 is 21.8 Å². The first-order valence-corrected chi connectivity index (χ1v) is 7.90. The molecule has 1 aliphatic carbocycles. The highest BCUT2D eigenvalue weighted by Crippen LogP contribution is 2.49. The molecule has 1 fully saturated rings. The first-order valence-electron chi connectivity index (χ1n) is 6.24. The van der Waals surface area contributed by atoms with Crippen molar-refractivity contribution in [3.05, 3.63) is 30.3 Å². The molecule has 0 amide bonds. The van der Waals surface area contributed by atoms with Crippen LogP contribution < -0.4 is 5.73 Å². The van der Waals surface area contributed by atoms with E-state index in [9.17, 15) is 18.0 Å². The number of hydrogen-bond donors (Lipinski definition) is 3. The van der Waals surface area contributed by atoms with Crippen LogP contribution in [0.2, 0.25) is 0 Å². The Morgan fingerprint density at radius 3 is 2.24 bits per heavy atom. The van der Waals surface area contributed by atoms with Crippen molar-refractivity contribution in [1.29, 1.82) is 0 Å². The number of carboxylic acids is 2. The van der Waals surface area contributed by atoms with Gasteiger partial charge in [0.25, 0.3) is 0 Å². The van der Waals surface area contributed by atoms with Crippen LogP contribution in [0.4, 0.5) is 0 Å². The van der Waals surface area contributed by atoms with Crippen LogP contribution in [0.1, 0.15) is 0 Å². The van der Waals surface area contributed by atoms with E-state index in [2.05, 4.69) is 0 Å². The first kappa shape index (κ1) is 15.5. The molecule has 0 aromatic heterocycles. The van der Waals surface area contributed by atoms with Crippen molar-refractivity contribution in [2.45, 2.75) is 10.9 Å². The van der Waals surface area contributed by atoms with E-state index in [0.29, 0.717) is 0 Å². The van der Waals surface area contributed by atoms with Gasteiger partial charge in [-0.15, -0.1) is 0 Å². The Morgan fingerprint density at radius 1 is 1.19 bits per heavy atom. The molecule has 4 atom stereocenters. The van der Waals surface area contributed by atoms with Gasteiger partial charge >= 0.3 is 11.9 Å². The van der Waals surface area contributed by atoms with Crippen molar-refractivity contribution in [3.63, 3.8) is 0 Å². The van der Waals surface area contributed by atoms with E-state index in [1.165, 1.54) is 12.1 Å². The number of aliphatic carboxylic acids is 2. The van der Waals surface area contributed by atoms with Gasteiger partial charge in [0.2, 0.25) is 0 Å². The fraction of sp³-hybridized carbons (Fsp3) is 0.385. The maximum absolute atomic E-state index is 12.2. The number of sulfone groups is 1. The zero-order valence-electron chi connectivity index (χ0n) is 10.9. The van der Waals surface area contributed by atoms with Gasteiger partial charge in [-0.3, -0.25) is 9.59 Å². The van der Waals surface area contributed by atoms with E-state index >= 15 is 0 Å². The summed E-state index contributed by atoms with van der Waals surface area (Å²) in [6, 6.07) is 6.25. The predicted octanol–water partition coefficient (Wildman–Crippen LogP) is -0.181. The second-order valence-corrected chi connectivity index (χ2v) is 7.10. The summed E-state index contributed by atoms with van der Waals surface area (Å²) in [6.07, 6.45) is 0. The largest absolute Gasteiger partial charge is 0.481 e. The molecule has 0 radical (unpaired) electrons. The van der Waals surface area contributed by atoms with Crippen molar-refractivity contribution < 1.29 is 28.2 Å². The van der Waals surface area contributed by atoms with Crippen LogP contribution in [-0.4, -0.2) is 42.4 Å². The van der Waals surface area contributed by atoms with Crippen molar-refractivity contribution in [1.82, 2.24) is 0 Å². The van der Waals surface area contributed by atoms with Crippen LogP contribution in [0, 0.1) is 17.8 Å². The summed E-state index contributed by atoms with van der Waals surface area (Å²) >= 11 is 0. The summed E-state index contributed by atoms with van der Waals surface area (Å²) in [4.78, 5) is 22.0. The minimum absolute atomic E-state index is 0.0867. The van der Waals surface area contributed by atoms with Crippen LogP contribution in [0.5, 0.6) is 0 Å². The molecule has 21 heavy (non-hydrogen) atoms. The Bertz CT molecular complexity index is 656. The summed E-state index contributed by atoms with van der Waals surface area (Å²) in [5, 5.41) is 17.9. The molecule has 4 N–H and O–H groups in total. The molecule has 114 valence electrons. The van der Waals surface area contributed by atoms with Gasteiger partial charge in [-0.05, 0) is 18.1 Å². The molecule has 0 aliphatic heterocycles. The van der Waals surface area contributed by atoms with Gasteiger partial charge in [-0.25, -0.2) is 8.42 Å². The molecule has 0 heterocycles. The molecule has 0 spiro atoms. The first-order chi connectivity index (χ1) is 9.75. The lowest BCUT2D eigenvalue weighted by atomic mass is 10.1. The van der Waals surface area contributed by atoms with Gasteiger partial charge < -0.3 is 15.9 Å². The topological polar surface area (TPSA) is 135 Å². The third-order valence-electron chi connectivity index (χ3n) is 3.73. The van der Waals surface area contributed by atoms with Gasteiger partial charge in [0, 0.05) is 5.92 Å². The number of carboxylic acid groups (broad SMARTS) is 2. The Balaban J connectivity index is 2.19. The zero-order chi connectivity index (χ0) is 15.8. The smallest absolute Gasteiger partial charge is 0.320 e. The molecular weight excluding hydrogens is 298 g/mol. The van der Waals surface area contributed by atoms with E-state index in [-0.39, 0.29) is 4.90 Å². The molecule has 1 aromatic rings. The second kappa shape index (κ2) is 5.45. The molecule has 4 unspecified atom stereocenters. The molecule has 7 nitrogen and oxygen atoms in total. The third-order valence-corrected chi connectivity index (χ3v) is 5.54. The molecule has 0 bridgehead atoms. The number of nitrogens with two attached hydrogens (primary N) is 1. The predicted molar refractivity (Wildman–Crippen MR) is 72.2 cm³/mol. The third kappa shape index (κ3) is 3.06. The Hall–Kier alpha value is -1.93. The van der Waals surface area contributed by atoms with Crippen LogP contribution in [0.25, 0.3) is 0 Å². The number of carbonyl (C=O) groups is 2. The average molecular weight is 313 g/mol. The average Bonchev–Trinajstić information content (AvgIpc) is 3.12. The molecule has 1 saturated carbocycles. The number of benzene rings is 1. The maximum Gasteiger partial charge on any atom is 0.320 e. The van der Waals surface area contributed by atoms with E-state index in [1.807, 2.05) is 0 Å².